The predicted molar refractivity (Wildman–Crippen MR) is 124 cm³/mol. The zero-order valence-electron chi connectivity index (χ0n) is 18.8. The highest BCUT2D eigenvalue weighted by molar-refractivity contribution is 6.28. The Bertz CT molecular complexity index is 1060. The van der Waals surface area contributed by atoms with Crippen LogP contribution in [0.4, 0.5) is 16.3 Å². The molecule has 170 valence electrons. The minimum Gasteiger partial charge on any atom is -0.476 e. The first-order chi connectivity index (χ1) is 15.1. The van der Waals surface area contributed by atoms with Gasteiger partial charge in [0.1, 0.15) is 18.0 Å². The predicted octanol–water partition coefficient (Wildman–Crippen LogP) is 4.46. The number of aromatic nitrogens is 4. The Morgan fingerprint density at radius 3 is 2.53 bits per heavy atom. The van der Waals surface area contributed by atoms with Crippen LogP contribution < -0.4 is 10.1 Å². The van der Waals surface area contributed by atoms with Gasteiger partial charge in [0.2, 0.25) is 11.2 Å². The Balaban J connectivity index is 1.67. The van der Waals surface area contributed by atoms with Crippen molar-refractivity contribution in [1.82, 2.24) is 24.6 Å². The normalized spacial score (nSPS) is 11.5. The fourth-order valence-electron chi connectivity index (χ4n) is 2.64. The highest BCUT2D eigenvalue weighted by Crippen LogP contribution is 2.24. The van der Waals surface area contributed by atoms with Crippen molar-refractivity contribution >= 4 is 29.2 Å². The van der Waals surface area contributed by atoms with Crippen molar-refractivity contribution in [2.75, 3.05) is 32.6 Å². The smallest absolute Gasteiger partial charge is 0.435 e. The molecule has 0 unspecified atom stereocenters. The highest BCUT2D eigenvalue weighted by Gasteiger charge is 2.18. The van der Waals surface area contributed by atoms with Crippen molar-refractivity contribution in [2.24, 2.45) is 0 Å². The van der Waals surface area contributed by atoms with Gasteiger partial charge in [-0.25, -0.2) is 9.78 Å². The first-order valence-corrected chi connectivity index (χ1v) is 10.4. The third-order valence-electron chi connectivity index (χ3n) is 4.12. The van der Waals surface area contributed by atoms with Gasteiger partial charge in [-0.15, -0.1) is 0 Å². The van der Waals surface area contributed by atoms with Gasteiger partial charge in [0, 0.05) is 30.1 Å². The average Bonchev–Trinajstić information content (AvgIpc) is 3.17. The van der Waals surface area contributed by atoms with Gasteiger partial charge in [-0.3, -0.25) is 0 Å². The van der Waals surface area contributed by atoms with Crippen molar-refractivity contribution in [3.05, 3.63) is 48.0 Å². The van der Waals surface area contributed by atoms with Crippen molar-refractivity contribution in [3.8, 4) is 17.0 Å². The summed E-state index contributed by atoms with van der Waals surface area (Å²) in [7, 11) is 3.94. The van der Waals surface area contributed by atoms with Crippen LogP contribution in [0.3, 0.4) is 0 Å². The van der Waals surface area contributed by atoms with Gasteiger partial charge >= 0.3 is 6.09 Å². The van der Waals surface area contributed by atoms with Gasteiger partial charge in [0.25, 0.3) is 0 Å². The van der Waals surface area contributed by atoms with Gasteiger partial charge in [-0.2, -0.15) is 14.8 Å². The Labute approximate surface area is 192 Å². The molecule has 0 spiro atoms. The van der Waals surface area contributed by atoms with E-state index in [1.807, 2.05) is 64.0 Å². The second-order valence-corrected chi connectivity index (χ2v) is 8.71. The molecule has 0 bridgehead atoms. The zero-order chi connectivity index (χ0) is 23.3. The summed E-state index contributed by atoms with van der Waals surface area (Å²) in [6, 6.07) is 9.30. The summed E-state index contributed by atoms with van der Waals surface area (Å²) < 4.78 is 12.2. The van der Waals surface area contributed by atoms with Crippen molar-refractivity contribution in [3.63, 3.8) is 0 Å². The van der Waals surface area contributed by atoms with Gasteiger partial charge in [0.05, 0.1) is 6.20 Å². The van der Waals surface area contributed by atoms with E-state index < -0.39 is 11.7 Å². The molecule has 0 aliphatic rings. The van der Waals surface area contributed by atoms with Crippen LogP contribution in [-0.4, -0.2) is 63.6 Å². The second kappa shape index (κ2) is 9.97. The van der Waals surface area contributed by atoms with E-state index in [9.17, 15) is 4.79 Å². The van der Waals surface area contributed by atoms with E-state index in [1.165, 1.54) is 4.68 Å². The van der Waals surface area contributed by atoms with Crippen molar-refractivity contribution in [1.29, 1.82) is 0 Å². The van der Waals surface area contributed by atoms with Gasteiger partial charge in [-0.1, -0.05) is 12.1 Å². The van der Waals surface area contributed by atoms with Crippen molar-refractivity contribution in [2.45, 2.75) is 26.4 Å². The molecule has 1 aromatic carbocycles. The lowest BCUT2D eigenvalue weighted by Gasteiger charge is -2.18. The molecule has 0 radical (unpaired) electrons. The molecule has 0 aliphatic heterocycles. The maximum atomic E-state index is 12.1. The molecular weight excluding hydrogens is 432 g/mol. The zero-order valence-corrected chi connectivity index (χ0v) is 19.6. The number of ether oxygens (including phenoxy) is 2. The topological polar surface area (TPSA) is 94.4 Å². The summed E-state index contributed by atoms with van der Waals surface area (Å²) in [6.45, 7) is 6.68. The van der Waals surface area contributed by atoms with Crippen LogP contribution in [0.2, 0.25) is 5.28 Å². The minimum atomic E-state index is -0.586. The highest BCUT2D eigenvalue weighted by atomic mass is 35.5. The molecule has 0 atom stereocenters. The molecule has 0 amide bonds. The van der Waals surface area contributed by atoms with E-state index in [0.29, 0.717) is 18.3 Å². The number of nitrogens with zero attached hydrogens (tertiary/aromatic N) is 5. The first-order valence-electron chi connectivity index (χ1n) is 10.1. The minimum absolute atomic E-state index is 0.0982. The van der Waals surface area contributed by atoms with Crippen LogP contribution in [-0.2, 0) is 4.74 Å². The Hall–Kier alpha value is -3.17. The molecule has 2 heterocycles. The molecule has 32 heavy (non-hydrogen) atoms. The SMILES string of the molecule is CN(C)CCOc1cc(Nc2ccc(-c3cnn(C(=O)OC(C)(C)C)c3)cc2)nc(Cl)n1. The van der Waals surface area contributed by atoms with Crippen LogP contribution in [0, 0.1) is 0 Å². The lowest BCUT2D eigenvalue weighted by Crippen LogP contribution is -2.27. The number of likely N-dealkylation sites (N-methyl/N-ethyl adjacent to an activating group) is 1. The van der Waals surface area contributed by atoms with Crippen LogP contribution in [0.15, 0.2) is 42.7 Å². The third kappa shape index (κ3) is 6.93. The standard InChI is InChI=1S/C22H27ClN6O3/c1-22(2,3)32-21(30)29-14-16(13-24-29)15-6-8-17(9-7-15)25-18-12-19(27-20(23)26-18)31-11-10-28(4)5/h6-9,12-14H,10-11H2,1-5H3,(H,25,26,27). The first kappa shape index (κ1) is 23.5. The van der Waals surface area contributed by atoms with E-state index >= 15 is 0 Å². The quantitative estimate of drug-likeness (QED) is 0.518. The summed E-state index contributed by atoms with van der Waals surface area (Å²) in [5.41, 5.74) is 1.92. The van der Waals surface area contributed by atoms with E-state index in [0.717, 1.165) is 23.4 Å². The molecule has 0 saturated heterocycles. The molecule has 0 fully saturated rings. The maximum Gasteiger partial charge on any atom is 0.435 e. The van der Waals surface area contributed by atoms with E-state index in [2.05, 4.69) is 20.4 Å². The molecule has 1 N–H and O–H groups in total. The molecule has 0 saturated carbocycles. The Morgan fingerprint density at radius 1 is 1.16 bits per heavy atom. The van der Waals surface area contributed by atoms with Crippen molar-refractivity contribution < 1.29 is 14.3 Å². The summed E-state index contributed by atoms with van der Waals surface area (Å²) in [6.07, 6.45) is 2.73. The number of hydrogen-bond acceptors (Lipinski definition) is 8. The summed E-state index contributed by atoms with van der Waals surface area (Å²) in [5.74, 6) is 0.927. The summed E-state index contributed by atoms with van der Waals surface area (Å²) in [5, 5.41) is 7.39. The number of hydrogen-bond donors (Lipinski definition) is 1. The fourth-order valence-corrected chi connectivity index (χ4v) is 2.82. The van der Waals surface area contributed by atoms with Gasteiger partial charge < -0.3 is 19.7 Å². The molecule has 3 rings (SSSR count). The number of anilines is 2. The molecule has 2 aromatic heterocycles. The number of halogens is 1. The average molecular weight is 459 g/mol. The number of rotatable bonds is 7. The molecule has 10 heteroatoms. The number of nitrogens with one attached hydrogen (secondary N) is 1. The monoisotopic (exact) mass is 458 g/mol. The lowest BCUT2D eigenvalue weighted by molar-refractivity contribution is 0.0514. The van der Waals surface area contributed by atoms with E-state index in [-0.39, 0.29) is 5.28 Å². The largest absolute Gasteiger partial charge is 0.476 e. The number of carbonyl (C=O) groups excluding carboxylic acids is 1. The molecular formula is C22H27ClN6O3. The van der Waals surface area contributed by atoms with Crippen LogP contribution in [0.5, 0.6) is 5.88 Å². The van der Waals surface area contributed by atoms with Gasteiger partial charge in [-0.05, 0) is 64.2 Å². The lowest BCUT2D eigenvalue weighted by atomic mass is 10.1. The summed E-state index contributed by atoms with van der Waals surface area (Å²) in [4.78, 5) is 22.4. The number of carbonyl (C=O) groups is 1. The fraction of sp³-hybridized carbons (Fsp3) is 0.364. The number of benzene rings is 1. The third-order valence-corrected chi connectivity index (χ3v) is 4.29. The Kier molecular flexibility index (Phi) is 7.32. The molecule has 9 nitrogen and oxygen atoms in total. The maximum absolute atomic E-state index is 12.1. The van der Waals surface area contributed by atoms with E-state index in [4.69, 9.17) is 21.1 Å². The van der Waals surface area contributed by atoms with Crippen LogP contribution in [0.25, 0.3) is 11.1 Å². The second-order valence-electron chi connectivity index (χ2n) is 8.37. The molecule has 3 aromatic rings. The molecule has 0 aliphatic carbocycles. The summed E-state index contributed by atoms with van der Waals surface area (Å²) >= 11 is 6.03. The van der Waals surface area contributed by atoms with Crippen LogP contribution >= 0.6 is 11.6 Å². The van der Waals surface area contributed by atoms with Crippen LogP contribution in [0.1, 0.15) is 20.8 Å². The van der Waals surface area contributed by atoms with E-state index in [1.54, 1.807) is 18.5 Å². The van der Waals surface area contributed by atoms with Gasteiger partial charge in [0.15, 0.2) is 0 Å². The Morgan fingerprint density at radius 2 is 1.88 bits per heavy atom.